The Morgan fingerprint density at radius 1 is 1.33 bits per heavy atom. The van der Waals surface area contributed by atoms with E-state index >= 15 is 0 Å². The highest BCUT2D eigenvalue weighted by Gasteiger charge is 2.09. The van der Waals surface area contributed by atoms with Gasteiger partial charge in [-0.15, -0.1) is 0 Å². The van der Waals surface area contributed by atoms with Gasteiger partial charge in [-0.05, 0) is 44.5 Å². The topological polar surface area (TPSA) is 80.9 Å². The average molecular weight is 244 g/mol. The lowest BCUT2D eigenvalue weighted by atomic mass is 10.1. The van der Waals surface area contributed by atoms with Gasteiger partial charge in [0.15, 0.2) is 5.65 Å². The largest absolute Gasteiger partial charge is 0.320 e. The molecule has 2 heterocycles. The van der Waals surface area contributed by atoms with Crippen molar-refractivity contribution in [3.8, 4) is 0 Å². The molecule has 2 aromatic heterocycles. The number of amides is 1. The summed E-state index contributed by atoms with van der Waals surface area (Å²) in [5, 5.41) is 3.64. The molecule has 0 aliphatic carbocycles. The lowest BCUT2D eigenvalue weighted by Gasteiger charge is -2.08. The summed E-state index contributed by atoms with van der Waals surface area (Å²) in [6.45, 7) is 5.56. The number of aromatic nitrogens is 2. The lowest BCUT2D eigenvalue weighted by Crippen LogP contribution is -2.32. The molecule has 94 valence electrons. The monoisotopic (exact) mass is 244 g/mol. The van der Waals surface area contributed by atoms with Crippen molar-refractivity contribution >= 4 is 22.8 Å². The van der Waals surface area contributed by atoms with E-state index < -0.39 is 6.04 Å². The van der Waals surface area contributed by atoms with Crippen molar-refractivity contribution in [2.24, 2.45) is 5.73 Å². The first-order valence-corrected chi connectivity index (χ1v) is 5.79. The van der Waals surface area contributed by atoms with Crippen molar-refractivity contribution in [2.75, 3.05) is 5.32 Å². The second-order valence-electron chi connectivity index (χ2n) is 4.43. The fourth-order valence-corrected chi connectivity index (χ4v) is 1.74. The van der Waals surface area contributed by atoms with Gasteiger partial charge in [-0.2, -0.15) is 0 Å². The van der Waals surface area contributed by atoms with Crippen LogP contribution >= 0.6 is 0 Å². The average Bonchev–Trinajstić information content (AvgIpc) is 2.27. The lowest BCUT2D eigenvalue weighted by molar-refractivity contribution is -0.117. The van der Waals surface area contributed by atoms with Crippen LogP contribution in [0.5, 0.6) is 0 Å². The molecule has 5 heteroatoms. The number of carbonyl (C=O) groups is 1. The molecule has 0 saturated carbocycles. The number of rotatable bonds is 2. The van der Waals surface area contributed by atoms with Crippen molar-refractivity contribution in [2.45, 2.75) is 26.8 Å². The van der Waals surface area contributed by atoms with E-state index in [4.69, 9.17) is 5.73 Å². The maximum absolute atomic E-state index is 11.5. The summed E-state index contributed by atoms with van der Waals surface area (Å²) < 4.78 is 0. The molecular weight excluding hydrogens is 228 g/mol. The Hall–Kier alpha value is -2.01. The van der Waals surface area contributed by atoms with E-state index in [0.717, 1.165) is 16.6 Å². The summed E-state index contributed by atoms with van der Waals surface area (Å²) >= 11 is 0. The molecule has 5 nitrogen and oxygen atoms in total. The van der Waals surface area contributed by atoms with Crippen LogP contribution in [-0.4, -0.2) is 21.9 Å². The maximum Gasteiger partial charge on any atom is 0.242 e. The highest BCUT2D eigenvalue weighted by atomic mass is 16.2. The molecule has 2 rings (SSSR count). The molecular formula is C13H16N4O. The predicted octanol–water partition coefficient (Wildman–Crippen LogP) is 1.53. The van der Waals surface area contributed by atoms with E-state index in [-0.39, 0.29) is 5.91 Å². The SMILES string of the molecule is Cc1cc(C)c2ccc(NC(=O)[C@H](C)N)nc2n1. The molecule has 0 saturated heterocycles. The van der Waals surface area contributed by atoms with Crippen LogP contribution in [0, 0.1) is 13.8 Å². The number of nitrogens with one attached hydrogen (secondary N) is 1. The number of aryl methyl sites for hydroxylation is 2. The molecule has 18 heavy (non-hydrogen) atoms. The molecule has 2 aromatic rings. The van der Waals surface area contributed by atoms with Crippen LogP contribution in [0.25, 0.3) is 11.0 Å². The molecule has 0 unspecified atom stereocenters. The Bertz CT molecular complexity index is 607. The second kappa shape index (κ2) is 4.70. The molecule has 0 bridgehead atoms. The molecule has 0 fully saturated rings. The van der Waals surface area contributed by atoms with Crippen LogP contribution in [0.15, 0.2) is 18.2 Å². The van der Waals surface area contributed by atoms with Crippen LogP contribution in [-0.2, 0) is 4.79 Å². The molecule has 3 N–H and O–H groups in total. The zero-order valence-corrected chi connectivity index (χ0v) is 10.7. The summed E-state index contributed by atoms with van der Waals surface area (Å²) in [4.78, 5) is 20.2. The van der Waals surface area contributed by atoms with E-state index in [0.29, 0.717) is 11.5 Å². The minimum atomic E-state index is -0.560. The van der Waals surface area contributed by atoms with Gasteiger partial charge in [-0.3, -0.25) is 4.79 Å². The van der Waals surface area contributed by atoms with E-state index in [9.17, 15) is 4.79 Å². The van der Waals surface area contributed by atoms with Crippen molar-refractivity contribution in [3.63, 3.8) is 0 Å². The molecule has 0 aliphatic heterocycles. The van der Waals surface area contributed by atoms with Gasteiger partial charge in [-0.25, -0.2) is 9.97 Å². The van der Waals surface area contributed by atoms with Crippen LogP contribution < -0.4 is 11.1 Å². The Morgan fingerprint density at radius 3 is 2.72 bits per heavy atom. The van der Waals surface area contributed by atoms with Crippen LogP contribution in [0.4, 0.5) is 5.82 Å². The second-order valence-corrected chi connectivity index (χ2v) is 4.43. The van der Waals surface area contributed by atoms with Crippen molar-refractivity contribution in [3.05, 3.63) is 29.5 Å². The number of hydrogen-bond acceptors (Lipinski definition) is 4. The van der Waals surface area contributed by atoms with Crippen LogP contribution in [0.3, 0.4) is 0 Å². The summed E-state index contributed by atoms with van der Waals surface area (Å²) in [6.07, 6.45) is 0. The van der Waals surface area contributed by atoms with E-state index in [2.05, 4.69) is 15.3 Å². The zero-order valence-electron chi connectivity index (χ0n) is 10.7. The van der Waals surface area contributed by atoms with Gasteiger partial charge >= 0.3 is 0 Å². The summed E-state index contributed by atoms with van der Waals surface area (Å²) in [7, 11) is 0. The van der Waals surface area contributed by atoms with Gasteiger partial charge in [0.2, 0.25) is 5.91 Å². The van der Waals surface area contributed by atoms with Gasteiger partial charge < -0.3 is 11.1 Å². The third-order valence-corrected chi connectivity index (χ3v) is 2.67. The molecule has 0 radical (unpaired) electrons. The first kappa shape index (κ1) is 12.4. The minimum Gasteiger partial charge on any atom is -0.320 e. The molecule has 0 aromatic carbocycles. The zero-order chi connectivity index (χ0) is 13.3. The van der Waals surface area contributed by atoms with Gasteiger partial charge in [-0.1, -0.05) is 0 Å². The van der Waals surface area contributed by atoms with Gasteiger partial charge in [0.25, 0.3) is 0 Å². The number of carbonyl (C=O) groups excluding carboxylic acids is 1. The number of pyridine rings is 2. The predicted molar refractivity (Wildman–Crippen MR) is 71.3 cm³/mol. The normalized spacial score (nSPS) is 12.4. The number of anilines is 1. The maximum atomic E-state index is 11.5. The van der Waals surface area contributed by atoms with Crippen molar-refractivity contribution in [1.82, 2.24) is 9.97 Å². The molecule has 1 amide bonds. The first-order valence-electron chi connectivity index (χ1n) is 5.79. The number of nitrogens with zero attached hydrogens (tertiary/aromatic N) is 2. The highest BCUT2D eigenvalue weighted by molar-refractivity contribution is 5.94. The van der Waals surface area contributed by atoms with Crippen LogP contribution in [0.1, 0.15) is 18.2 Å². The summed E-state index contributed by atoms with van der Waals surface area (Å²) in [5.74, 6) is 0.216. The van der Waals surface area contributed by atoms with E-state index in [1.165, 1.54) is 0 Å². The fraction of sp³-hybridized carbons (Fsp3) is 0.308. The fourth-order valence-electron chi connectivity index (χ4n) is 1.74. The Balaban J connectivity index is 2.41. The smallest absolute Gasteiger partial charge is 0.242 e. The van der Waals surface area contributed by atoms with Crippen molar-refractivity contribution < 1.29 is 4.79 Å². The van der Waals surface area contributed by atoms with Gasteiger partial charge in [0.1, 0.15) is 5.82 Å². The van der Waals surface area contributed by atoms with Crippen molar-refractivity contribution in [1.29, 1.82) is 0 Å². The minimum absolute atomic E-state index is 0.258. The molecule has 1 atom stereocenters. The van der Waals surface area contributed by atoms with E-state index in [1.807, 2.05) is 26.0 Å². The van der Waals surface area contributed by atoms with E-state index in [1.54, 1.807) is 13.0 Å². The third kappa shape index (κ3) is 2.46. The van der Waals surface area contributed by atoms with Crippen LogP contribution in [0.2, 0.25) is 0 Å². The third-order valence-electron chi connectivity index (χ3n) is 2.67. The molecule has 0 spiro atoms. The standard InChI is InChI=1S/C13H16N4O/c1-7-6-8(2)15-12-10(7)4-5-11(16-12)17-13(18)9(3)14/h4-6,9H,14H2,1-3H3,(H,15,16,17,18)/t9-/m0/s1. The summed E-state index contributed by atoms with van der Waals surface area (Å²) in [6, 6.07) is 5.10. The first-order chi connectivity index (χ1) is 8.47. The quantitative estimate of drug-likeness (QED) is 0.839. The molecule has 0 aliphatic rings. The summed E-state index contributed by atoms with van der Waals surface area (Å²) in [5.41, 5.74) is 8.15. The number of hydrogen-bond donors (Lipinski definition) is 2. The number of nitrogens with two attached hydrogens (primary N) is 1. The highest BCUT2D eigenvalue weighted by Crippen LogP contribution is 2.18. The number of fused-ring (bicyclic) bond motifs is 1. The Labute approximate surface area is 105 Å². The van der Waals surface area contributed by atoms with Gasteiger partial charge in [0, 0.05) is 11.1 Å². The Kier molecular flexibility index (Phi) is 3.25. The Morgan fingerprint density at radius 2 is 2.06 bits per heavy atom. The van der Waals surface area contributed by atoms with Gasteiger partial charge in [0.05, 0.1) is 6.04 Å².